The highest BCUT2D eigenvalue weighted by molar-refractivity contribution is 7.98. The van der Waals surface area contributed by atoms with Crippen molar-refractivity contribution in [1.82, 2.24) is 0 Å². The van der Waals surface area contributed by atoms with Crippen molar-refractivity contribution in [1.29, 1.82) is 0 Å². The Morgan fingerprint density at radius 2 is 2.20 bits per heavy atom. The third kappa shape index (κ3) is 3.20. The number of alkyl halides is 3. The van der Waals surface area contributed by atoms with Crippen molar-refractivity contribution in [3.8, 4) is 0 Å². The Kier molecular flexibility index (Phi) is 4.17. The van der Waals surface area contributed by atoms with Crippen LogP contribution in [-0.4, -0.2) is 29.5 Å². The van der Waals surface area contributed by atoms with Gasteiger partial charge in [0.25, 0.3) is 0 Å². The molecule has 0 spiro atoms. The van der Waals surface area contributed by atoms with Crippen LogP contribution in [0.5, 0.6) is 0 Å². The van der Waals surface area contributed by atoms with Crippen molar-refractivity contribution in [2.24, 2.45) is 0 Å². The molecule has 7 heteroatoms. The summed E-state index contributed by atoms with van der Waals surface area (Å²) in [5.41, 5.74) is 1.86. The smallest absolute Gasteiger partial charge is 0.408 e. The lowest BCUT2D eigenvalue weighted by Gasteiger charge is -2.30. The van der Waals surface area contributed by atoms with E-state index in [-0.39, 0.29) is 12.8 Å². The summed E-state index contributed by atoms with van der Waals surface area (Å²) < 4.78 is 38.3. The number of benzene rings is 1. The zero-order valence-corrected chi connectivity index (χ0v) is 11.6. The average Bonchev–Trinajstić information content (AvgIpc) is 2.35. The van der Waals surface area contributed by atoms with Crippen LogP contribution in [0, 0.1) is 0 Å². The van der Waals surface area contributed by atoms with Gasteiger partial charge in [-0.3, -0.25) is 4.79 Å². The van der Waals surface area contributed by atoms with Crippen LogP contribution in [0.15, 0.2) is 17.0 Å². The van der Waals surface area contributed by atoms with Gasteiger partial charge >= 0.3 is 12.1 Å². The topological polar surface area (TPSA) is 49.3 Å². The number of aliphatic carboxylic acids is 1. The number of hydrogen-bond donors (Lipinski definition) is 2. The Balaban J connectivity index is 2.35. The molecule has 0 aromatic heterocycles. The number of carboxylic acid groups (broad SMARTS) is 1. The summed E-state index contributed by atoms with van der Waals surface area (Å²) in [6.45, 7) is 0. The van der Waals surface area contributed by atoms with Crippen LogP contribution >= 0.6 is 11.8 Å². The summed E-state index contributed by atoms with van der Waals surface area (Å²) in [5.74, 6) is -0.950. The van der Waals surface area contributed by atoms with E-state index in [4.69, 9.17) is 5.11 Å². The molecule has 1 heterocycles. The fraction of sp³-hybridized carbons (Fsp3) is 0.462. The Labute approximate surface area is 118 Å². The summed E-state index contributed by atoms with van der Waals surface area (Å²) >= 11 is 1.31. The molecule has 0 amide bonds. The van der Waals surface area contributed by atoms with Gasteiger partial charge in [-0.25, -0.2) is 0 Å². The molecule has 1 unspecified atom stereocenters. The van der Waals surface area contributed by atoms with Crippen LogP contribution < -0.4 is 5.32 Å². The molecule has 110 valence electrons. The molecular formula is C13H14F3NO2S. The van der Waals surface area contributed by atoms with Gasteiger partial charge in [-0.2, -0.15) is 13.2 Å². The standard InChI is InChI=1S/C13H14F3NO2S/c1-20-9-5-7(6-11(18)19)4-8-2-3-10(13(14,15)16)17-12(8)9/h4-5,10,17H,2-3,6H2,1H3,(H,18,19). The summed E-state index contributed by atoms with van der Waals surface area (Å²) in [5, 5.41) is 11.4. The van der Waals surface area contributed by atoms with Gasteiger partial charge < -0.3 is 10.4 Å². The van der Waals surface area contributed by atoms with Crippen molar-refractivity contribution in [2.75, 3.05) is 11.6 Å². The molecule has 1 aromatic carbocycles. The lowest BCUT2D eigenvalue weighted by atomic mass is 9.95. The van der Waals surface area contributed by atoms with Crippen LogP contribution in [0.25, 0.3) is 0 Å². The molecule has 0 saturated carbocycles. The van der Waals surface area contributed by atoms with Gasteiger partial charge in [0.15, 0.2) is 0 Å². The van der Waals surface area contributed by atoms with Crippen LogP contribution in [0.1, 0.15) is 17.5 Å². The van der Waals surface area contributed by atoms with Crippen LogP contribution in [-0.2, 0) is 17.6 Å². The third-order valence-corrected chi connectivity index (χ3v) is 4.00. The third-order valence-electron chi connectivity index (χ3n) is 3.23. The largest absolute Gasteiger partial charge is 0.481 e. The molecular weight excluding hydrogens is 291 g/mol. The highest BCUT2D eigenvalue weighted by atomic mass is 32.2. The van der Waals surface area contributed by atoms with E-state index in [2.05, 4.69) is 5.32 Å². The fourth-order valence-corrected chi connectivity index (χ4v) is 2.99. The summed E-state index contributed by atoms with van der Waals surface area (Å²) in [7, 11) is 0. The first-order chi connectivity index (χ1) is 9.31. The highest BCUT2D eigenvalue weighted by Gasteiger charge is 2.41. The molecule has 1 aromatic rings. The van der Waals surface area contributed by atoms with Gasteiger partial charge in [0.2, 0.25) is 0 Å². The quantitative estimate of drug-likeness (QED) is 0.841. The Morgan fingerprint density at radius 3 is 2.75 bits per heavy atom. The van der Waals surface area contributed by atoms with Crippen LogP contribution in [0.4, 0.5) is 18.9 Å². The van der Waals surface area contributed by atoms with Crippen molar-refractivity contribution in [3.63, 3.8) is 0 Å². The maximum absolute atomic E-state index is 12.8. The van der Waals surface area contributed by atoms with E-state index in [0.29, 0.717) is 22.6 Å². The molecule has 0 fully saturated rings. The maximum Gasteiger partial charge on any atom is 0.408 e. The van der Waals surface area contributed by atoms with Crippen molar-refractivity contribution >= 4 is 23.4 Å². The van der Waals surface area contributed by atoms with E-state index in [1.165, 1.54) is 11.8 Å². The predicted octanol–water partition coefficient (Wildman–Crippen LogP) is 3.32. The molecule has 0 radical (unpaired) electrons. The maximum atomic E-state index is 12.8. The molecule has 1 aliphatic rings. The van der Waals surface area contributed by atoms with E-state index >= 15 is 0 Å². The minimum atomic E-state index is -4.27. The second-order valence-electron chi connectivity index (χ2n) is 4.68. The zero-order valence-electron chi connectivity index (χ0n) is 10.8. The van der Waals surface area contributed by atoms with E-state index in [1.807, 2.05) is 0 Å². The lowest BCUT2D eigenvalue weighted by molar-refractivity contribution is -0.144. The predicted molar refractivity (Wildman–Crippen MR) is 71.3 cm³/mol. The number of nitrogens with one attached hydrogen (secondary N) is 1. The number of fused-ring (bicyclic) bond motifs is 1. The monoisotopic (exact) mass is 305 g/mol. The second kappa shape index (κ2) is 5.55. The molecule has 1 atom stereocenters. The van der Waals surface area contributed by atoms with Crippen molar-refractivity contribution < 1.29 is 23.1 Å². The number of rotatable bonds is 3. The molecule has 0 aliphatic carbocycles. The molecule has 20 heavy (non-hydrogen) atoms. The van der Waals surface area contributed by atoms with Gasteiger partial charge in [0, 0.05) is 4.90 Å². The van der Waals surface area contributed by atoms with Crippen molar-refractivity contribution in [3.05, 3.63) is 23.3 Å². The number of aryl methyl sites for hydroxylation is 1. The van der Waals surface area contributed by atoms with Gasteiger partial charge in [-0.05, 0) is 36.3 Å². The van der Waals surface area contributed by atoms with Gasteiger partial charge in [-0.15, -0.1) is 11.8 Å². The normalized spacial score (nSPS) is 18.3. The number of thioether (sulfide) groups is 1. The minimum Gasteiger partial charge on any atom is -0.481 e. The van der Waals surface area contributed by atoms with Gasteiger partial charge in [0.1, 0.15) is 6.04 Å². The molecule has 3 nitrogen and oxygen atoms in total. The summed E-state index contributed by atoms with van der Waals surface area (Å²) in [6, 6.07) is 1.79. The number of anilines is 1. The van der Waals surface area contributed by atoms with E-state index < -0.39 is 18.2 Å². The number of hydrogen-bond acceptors (Lipinski definition) is 3. The Bertz CT molecular complexity index is 514. The SMILES string of the molecule is CSc1cc(CC(=O)O)cc2c1NC(C(F)(F)F)CC2. The molecule has 2 rings (SSSR count). The summed E-state index contributed by atoms with van der Waals surface area (Å²) in [4.78, 5) is 11.4. The van der Waals surface area contributed by atoms with E-state index in [1.54, 1.807) is 18.4 Å². The molecule has 1 aliphatic heterocycles. The average molecular weight is 305 g/mol. The highest BCUT2D eigenvalue weighted by Crippen LogP contribution is 2.39. The van der Waals surface area contributed by atoms with Gasteiger partial charge in [-0.1, -0.05) is 6.07 Å². The number of halogens is 3. The molecule has 0 bridgehead atoms. The fourth-order valence-electron chi connectivity index (χ4n) is 2.33. The van der Waals surface area contributed by atoms with E-state index in [9.17, 15) is 18.0 Å². The van der Waals surface area contributed by atoms with Crippen molar-refractivity contribution in [2.45, 2.75) is 36.4 Å². The van der Waals surface area contributed by atoms with Gasteiger partial charge in [0.05, 0.1) is 12.1 Å². The zero-order chi connectivity index (χ0) is 14.9. The Hall–Kier alpha value is -1.37. The molecule has 0 saturated heterocycles. The first-order valence-corrected chi connectivity index (χ1v) is 7.28. The van der Waals surface area contributed by atoms with E-state index in [0.717, 1.165) is 5.56 Å². The summed E-state index contributed by atoms with van der Waals surface area (Å²) in [6.07, 6.45) is -2.36. The minimum absolute atomic E-state index is 0.0269. The number of carbonyl (C=O) groups is 1. The van der Waals surface area contributed by atoms with Crippen LogP contribution in [0.2, 0.25) is 0 Å². The second-order valence-corrected chi connectivity index (χ2v) is 5.53. The Morgan fingerprint density at radius 1 is 1.50 bits per heavy atom. The lowest BCUT2D eigenvalue weighted by Crippen LogP contribution is -2.39. The first kappa shape index (κ1) is 15.0. The molecule has 2 N–H and O–H groups in total. The van der Waals surface area contributed by atoms with Crippen LogP contribution in [0.3, 0.4) is 0 Å². The number of carboxylic acids is 1. The first-order valence-electron chi connectivity index (χ1n) is 6.06.